The first kappa shape index (κ1) is 11.9. The Labute approximate surface area is 119 Å². The highest BCUT2D eigenvalue weighted by Crippen LogP contribution is 2.47. The zero-order valence-electron chi connectivity index (χ0n) is 11.2. The third-order valence-corrected chi connectivity index (χ3v) is 5.90. The van der Waals surface area contributed by atoms with Gasteiger partial charge in [0.1, 0.15) is 5.60 Å². The van der Waals surface area contributed by atoms with Crippen LogP contribution in [0, 0.1) is 0 Å². The van der Waals surface area contributed by atoms with Crippen LogP contribution in [0.2, 0.25) is 0 Å². The van der Waals surface area contributed by atoms with Crippen molar-refractivity contribution < 1.29 is 6.16 Å². The van der Waals surface area contributed by atoms with Gasteiger partial charge in [0.2, 0.25) is 0 Å². The Balaban J connectivity index is 0.00000121. The van der Waals surface area contributed by atoms with Crippen LogP contribution in [0.5, 0.6) is 0 Å². The number of hydrogen-bond acceptors (Lipinski definition) is 3. The van der Waals surface area contributed by atoms with E-state index >= 15 is 0 Å². The van der Waals surface area contributed by atoms with Crippen LogP contribution in [0.3, 0.4) is 0 Å². The zero-order chi connectivity index (χ0) is 12.9. The van der Waals surface area contributed by atoms with Crippen molar-refractivity contribution in [2.75, 3.05) is 13.2 Å². The maximum atomic E-state index is 6.30. The van der Waals surface area contributed by atoms with Crippen LogP contribution in [-0.4, -0.2) is 19.2 Å². The van der Waals surface area contributed by atoms with Crippen LogP contribution >= 0.6 is 11.3 Å². The van der Waals surface area contributed by atoms with Crippen molar-refractivity contribution in [1.82, 2.24) is 5.32 Å². The molecule has 0 saturated carbocycles. The fourth-order valence-electron chi connectivity index (χ4n) is 3.66. The summed E-state index contributed by atoms with van der Waals surface area (Å²) in [7, 11) is 0. The van der Waals surface area contributed by atoms with E-state index in [1.807, 2.05) is 11.3 Å². The Kier molecular flexibility index (Phi) is 2.69. The molecule has 2 atom stereocenters. The summed E-state index contributed by atoms with van der Waals surface area (Å²) in [6, 6.07) is 9.36. The normalized spacial score (nSPS) is 30.7. The molecule has 0 radical (unpaired) electrons. The molecule has 4 rings (SSSR count). The molecule has 0 bridgehead atoms. The highest BCUT2D eigenvalue weighted by Gasteiger charge is 2.42. The third-order valence-electron chi connectivity index (χ3n) is 4.50. The van der Waals surface area contributed by atoms with Gasteiger partial charge in [-0.15, -0.1) is 11.3 Å². The number of hydrogen-bond donors (Lipinski definition) is 1. The zero-order valence-corrected chi connectivity index (χ0v) is 12.1. The largest absolute Gasteiger partial charge is 0.369 e. The van der Waals surface area contributed by atoms with Crippen molar-refractivity contribution in [3.05, 3.63) is 34.7 Å². The molecule has 3 heterocycles. The molecular formula is C16H21NOS. The summed E-state index contributed by atoms with van der Waals surface area (Å²) in [5, 5.41) is 5.00. The molecular weight excluding hydrogens is 254 g/mol. The van der Waals surface area contributed by atoms with Crippen LogP contribution in [0.1, 0.15) is 31.6 Å². The van der Waals surface area contributed by atoms with Crippen molar-refractivity contribution in [3.8, 4) is 0 Å². The van der Waals surface area contributed by atoms with Gasteiger partial charge in [-0.1, -0.05) is 18.2 Å². The molecule has 0 aliphatic carbocycles. The minimum absolute atomic E-state index is 0. The second-order valence-corrected chi connectivity index (χ2v) is 6.86. The molecule has 1 N–H and O–H groups in total. The number of ether oxygens (including phenoxy) is 1. The lowest BCUT2D eigenvalue weighted by atomic mass is 9.82. The molecule has 102 valence electrons. The number of thiophene rings is 1. The predicted octanol–water partition coefficient (Wildman–Crippen LogP) is 3.69. The highest BCUT2D eigenvalue weighted by molar-refractivity contribution is 7.19. The minimum Gasteiger partial charge on any atom is -0.369 e. The Morgan fingerprint density at radius 3 is 3.21 bits per heavy atom. The average molecular weight is 275 g/mol. The lowest BCUT2D eigenvalue weighted by Crippen LogP contribution is -2.48. The Morgan fingerprint density at radius 2 is 2.32 bits per heavy atom. The van der Waals surface area contributed by atoms with E-state index in [2.05, 4.69) is 36.5 Å². The van der Waals surface area contributed by atoms with Crippen molar-refractivity contribution in [3.63, 3.8) is 0 Å². The smallest absolute Gasteiger partial charge is 0.105 e. The molecule has 19 heavy (non-hydrogen) atoms. The number of nitrogens with one attached hydrogen (secondary N) is 1. The molecule has 2 aliphatic heterocycles. The summed E-state index contributed by atoms with van der Waals surface area (Å²) >= 11 is 1.95. The van der Waals surface area contributed by atoms with Crippen molar-refractivity contribution in [2.24, 2.45) is 0 Å². The maximum absolute atomic E-state index is 6.30. The Bertz CT molecular complexity index is 626. The van der Waals surface area contributed by atoms with Gasteiger partial charge < -0.3 is 10.1 Å². The topological polar surface area (TPSA) is 21.3 Å². The first-order chi connectivity index (χ1) is 9.28. The van der Waals surface area contributed by atoms with Crippen LogP contribution in [-0.2, 0) is 16.8 Å². The lowest BCUT2D eigenvalue weighted by molar-refractivity contribution is -0.0846. The predicted molar refractivity (Wildman–Crippen MR) is 82.0 cm³/mol. The van der Waals surface area contributed by atoms with Gasteiger partial charge in [-0.3, -0.25) is 0 Å². The van der Waals surface area contributed by atoms with E-state index in [-0.39, 0.29) is 7.03 Å². The summed E-state index contributed by atoms with van der Waals surface area (Å²) in [5.74, 6) is 0. The molecule has 2 aromatic rings. The maximum Gasteiger partial charge on any atom is 0.105 e. The highest BCUT2D eigenvalue weighted by atomic mass is 32.1. The van der Waals surface area contributed by atoms with Gasteiger partial charge in [0.15, 0.2) is 0 Å². The lowest BCUT2D eigenvalue weighted by Gasteiger charge is -2.42. The van der Waals surface area contributed by atoms with E-state index in [0.717, 1.165) is 32.4 Å². The number of benzene rings is 1. The van der Waals surface area contributed by atoms with Crippen molar-refractivity contribution in [2.45, 2.75) is 37.8 Å². The summed E-state index contributed by atoms with van der Waals surface area (Å²) in [6.45, 7) is 4.21. The van der Waals surface area contributed by atoms with E-state index in [4.69, 9.17) is 4.74 Å². The van der Waals surface area contributed by atoms with Crippen molar-refractivity contribution in [1.29, 1.82) is 0 Å². The van der Waals surface area contributed by atoms with Gasteiger partial charge >= 0.3 is 0 Å². The second-order valence-electron chi connectivity index (χ2n) is 5.81. The molecule has 1 aromatic heterocycles. The van der Waals surface area contributed by atoms with Gasteiger partial charge in [-0.2, -0.15) is 0 Å². The number of fused-ring (bicyclic) bond motifs is 4. The van der Waals surface area contributed by atoms with Gasteiger partial charge in [0.25, 0.3) is 0 Å². The van der Waals surface area contributed by atoms with Gasteiger partial charge in [-0.25, -0.2) is 0 Å². The van der Waals surface area contributed by atoms with E-state index in [1.54, 1.807) is 5.56 Å². The summed E-state index contributed by atoms with van der Waals surface area (Å²) in [5.41, 5.74) is 1.54. The molecule has 1 fully saturated rings. The molecule has 2 aliphatic rings. The van der Waals surface area contributed by atoms with Crippen LogP contribution in [0.15, 0.2) is 24.3 Å². The molecule has 1 aromatic carbocycles. The summed E-state index contributed by atoms with van der Waals surface area (Å²) in [4.78, 5) is 1.51. The third kappa shape index (κ3) is 1.76. The van der Waals surface area contributed by atoms with E-state index in [0.29, 0.717) is 6.04 Å². The van der Waals surface area contributed by atoms with E-state index in [1.165, 1.54) is 15.0 Å². The number of piperidine rings is 1. The molecule has 1 unspecified atom stereocenters. The second kappa shape index (κ2) is 4.30. The SMILES string of the molecule is C[C@H]1CC2(CCN1)OCCc1c2sc2ccccc12.[HH]. The van der Waals surface area contributed by atoms with Crippen LogP contribution in [0.4, 0.5) is 0 Å². The first-order valence-corrected chi connectivity index (χ1v) is 7.98. The molecule has 2 nitrogen and oxygen atoms in total. The fraction of sp³-hybridized carbons (Fsp3) is 0.500. The van der Waals surface area contributed by atoms with Crippen LogP contribution < -0.4 is 5.32 Å². The van der Waals surface area contributed by atoms with Gasteiger partial charge in [0.05, 0.1) is 6.61 Å². The minimum atomic E-state index is -0.0120. The first-order valence-electron chi connectivity index (χ1n) is 7.17. The van der Waals surface area contributed by atoms with E-state index in [9.17, 15) is 0 Å². The quantitative estimate of drug-likeness (QED) is 0.792. The Morgan fingerprint density at radius 1 is 1.42 bits per heavy atom. The Hall–Kier alpha value is -0.900. The molecule has 0 amide bonds. The van der Waals surface area contributed by atoms with E-state index < -0.39 is 0 Å². The standard InChI is InChI=1S/C16H19NOS.H2/c1-11-10-16(7-8-17-11)15-13(6-9-18-16)12-4-2-3-5-14(12)19-15;/h2-5,11,17H,6-10H2,1H3;1H/t11-,16?;/m0./s1. The molecule has 1 saturated heterocycles. The summed E-state index contributed by atoms with van der Waals surface area (Å²) < 4.78 is 7.72. The number of rotatable bonds is 0. The fourth-order valence-corrected chi connectivity index (χ4v) is 5.09. The van der Waals surface area contributed by atoms with Gasteiger partial charge in [0, 0.05) is 17.0 Å². The van der Waals surface area contributed by atoms with Gasteiger partial charge in [-0.05, 0) is 49.7 Å². The van der Waals surface area contributed by atoms with Crippen molar-refractivity contribution >= 4 is 21.4 Å². The molecule has 3 heteroatoms. The average Bonchev–Trinajstić information content (AvgIpc) is 2.80. The molecule has 1 spiro atoms. The van der Waals surface area contributed by atoms with Crippen LogP contribution in [0.25, 0.3) is 10.1 Å². The summed E-state index contributed by atoms with van der Waals surface area (Å²) in [6.07, 6.45) is 3.28. The monoisotopic (exact) mass is 275 g/mol.